The molecule has 3 atom stereocenters. The summed E-state index contributed by atoms with van der Waals surface area (Å²) >= 11 is 0. The molecule has 0 aromatic carbocycles. The first-order valence-corrected chi connectivity index (χ1v) is 9.12. The third kappa shape index (κ3) is 10.7. The minimum atomic E-state index is -0.197. The van der Waals surface area contributed by atoms with Gasteiger partial charge in [-0.15, -0.1) is 5.92 Å². The molecule has 2 heteroatoms. The van der Waals surface area contributed by atoms with E-state index in [0.29, 0.717) is 5.92 Å². The van der Waals surface area contributed by atoms with Gasteiger partial charge in [0.1, 0.15) is 6.10 Å². The van der Waals surface area contributed by atoms with Gasteiger partial charge in [-0.1, -0.05) is 71.1 Å². The first-order valence-electron chi connectivity index (χ1n) is 9.12. The zero-order chi connectivity index (χ0) is 16.8. The van der Waals surface area contributed by atoms with Crippen molar-refractivity contribution in [3.05, 3.63) is 0 Å². The molecule has 128 valence electrons. The standard InChI is InChI=1S/C20H36O2/c1-6-8-9-10-11-12-13-14-16-18(4)20(22-19(5)21)17(3)15-7-2/h17-18,20H,6,8-14,16H2,1-5H3/t17-,18-,20-/m0/s1. The lowest BCUT2D eigenvalue weighted by Crippen LogP contribution is -2.30. The van der Waals surface area contributed by atoms with Gasteiger partial charge in [-0.2, -0.15) is 0 Å². The molecule has 0 saturated carbocycles. The summed E-state index contributed by atoms with van der Waals surface area (Å²) in [4.78, 5) is 11.3. The highest BCUT2D eigenvalue weighted by molar-refractivity contribution is 5.66. The highest BCUT2D eigenvalue weighted by atomic mass is 16.5. The Morgan fingerprint density at radius 1 is 1.00 bits per heavy atom. The first-order chi connectivity index (χ1) is 10.5. The van der Waals surface area contributed by atoms with Crippen LogP contribution < -0.4 is 0 Å². The van der Waals surface area contributed by atoms with Crippen LogP contribution in [0.3, 0.4) is 0 Å². The Kier molecular flexibility index (Phi) is 13.1. The van der Waals surface area contributed by atoms with Crippen LogP contribution in [0.25, 0.3) is 0 Å². The number of ether oxygens (including phenoxy) is 1. The molecule has 0 heterocycles. The molecule has 0 spiro atoms. The van der Waals surface area contributed by atoms with Crippen LogP contribution in [-0.2, 0) is 9.53 Å². The van der Waals surface area contributed by atoms with Gasteiger partial charge in [0.15, 0.2) is 0 Å². The van der Waals surface area contributed by atoms with Crippen molar-refractivity contribution in [1.82, 2.24) is 0 Å². The molecule has 0 saturated heterocycles. The van der Waals surface area contributed by atoms with E-state index in [0.717, 1.165) is 6.42 Å². The maximum atomic E-state index is 11.3. The molecule has 0 rings (SSSR count). The number of hydrogen-bond acceptors (Lipinski definition) is 2. The summed E-state index contributed by atoms with van der Waals surface area (Å²) in [5, 5.41) is 0. The van der Waals surface area contributed by atoms with E-state index in [1.807, 2.05) is 13.8 Å². The molecule has 0 aromatic rings. The topological polar surface area (TPSA) is 26.3 Å². The van der Waals surface area contributed by atoms with E-state index in [-0.39, 0.29) is 18.0 Å². The van der Waals surface area contributed by atoms with Crippen LogP contribution in [0.2, 0.25) is 0 Å². The Labute approximate surface area is 138 Å². The van der Waals surface area contributed by atoms with Gasteiger partial charge in [-0.05, 0) is 26.2 Å². The third-order valence-corrected chi connectivity index (χ3v) is 4.24. The van der Waals surface area contributed by atoms with Gasteiger partial charge in [0.2, 0.25) is 0 Å². The van der Waals surface area contributed by atoms with Gasteiger partial charge in [0, 0.05) is 6.92 Å². The van der Waals surface area contributed by atoms with Crippen LogP contribution >= 0.6 is 0 Å². The zero-order valence-electron chi connectivity index (χ0n) is 15.4. The summed E-state index contributed by atoms with van der Waals surface area (Å²) in [7, 11) is 0. The minimum absolute atomic E-state index is 0.0745. The molecule has 0 radical (unpaired) electrons. The molecule has 0 aliphatic rings. The Hall–Kier alpha value is -0.970. The van der Waals surface area contributed by atoms with Crippen molar-refractivity contribution in [2.45, 2.75) is 98.5 Å². The highest BCUT2D eigenvalue weighted by Gasteiger charge is 2.25. The van der Waals surface area contributed by atoms with E-state index < -0.39 is 0 Å². The number of esters is 1. The van der Waals surface area contributed by atoms with Gasteiger partial charge in [0.25, 0.3) is 0 Å². The molecule has 22 heavy (non-hydrogen) atoms. The SMILES string of the molecule is CC#C[C@H](C)[C@H](OC(C)=O)[C@@H](C)CCCCCCCCCC. The predicted octanol–water partition coefficient (Wildman–Crippen LogP) is 5.74. The van der Waals surface area contributed by atoms with Crippen molar-refractivity contribution in [3.63, 3.8) is 0 Å². The number of carbonyl (C=O) groups is 1. The number of carbonyl (C=O) groups excluding carboxylic acids is 1. The van der Waals surface area contributed by atoms with Gasteiger partial charge >= 0.3 is 5.97 Å². The average Bonchev–Trinajstić information content (AvgIpc) is 2.47. The molecule has 0 aromatic heterocycles. The zero-order valence-corrected chi connectivity index (χ0v) is 15.4. The summed E-state index contributed by atoms with van der Waals surface area (Å²) in [6.45, 7) is 9.81. The van der Waals surface area contributed by atoms with Gasteiger partial charge in [-0.25, -0.2) is 0 Å². The third-order valence-electron chi connectivity index (χ3n) is 4.24. The Morgan fingerprint density at radius 2 is 1.55 bits per heavy atom. The Morgan fingerprint density at radius 3 is 2.05 bits per heavy atom. The molecular weight excluding hydrogens is 272 g/mol. The van der Waals surface area contributed by atoms with Gasteiger partial charge in [0.05, 0.1) is 5.92 Å². The van der Waals surface area contributed by atoms with Crippen molar-refractivity contribution < 1.29 is 9.53 Å². The smallest absolute Gasteiger partial charge is 0.302 e. The summed E-state index contributed by atoms with van der Waals surface area (Å²) in [5.41, 5.74) is 0. The van der Waals surface area contributed by atoms with Crippen molar-refractivity contribution >= 4 is 5.97 Å². The molecule has 0 amide bonds. The molecule has 0 fully saturated rings. The lowest BCUT2D eigenvalue weighted by atomic mass is 9.89. The van der Waals surface area contributed by atoms with Gasteiger partial charge < -0.3 is 4.74 Å². The van der Waals surface area contributed by atoms with E-state index in [4.69, 9.17) is 4.74 Å². The highest BCUT2D eigenvalue weighted by Crippen LogP contribution is 2.23. The molecular formula is C20H36O2. The predicted molar refractivity (Wildman–Crippen MR) is 94.6 cm³/mol. The van der Waals surface area contributed by atoms with Crippen molar-refractivity contribution in [1.29, 1.82) is 0 Å². The van der Waals surface area contributed by atoms with Crippen LogP contribution in [-0.4, -0.2) is 12.1 Å². The maximum Gasteiger partial charge on any atom is 0.302 e. The number of rotatable bonds is 12. The molecule has 0 aliphatic carbocycles. The average molecular weight is 309 g/mol. The maximum absolute atomic E-state index is 11.3. The number of hydrogen-bond donors (Lipinski definition) is 0. The monoisotopic (exact) mass is 308 g/mol. The largest absolute Gasteiger partial charge is 0.461 e. The molecule has 0 bridgehead atoms. The van der Waals surface area contributed by atoms with Crippen LogP contribution in [0.5, 0.6) is 0 Å². The number of unbranched alkanes of at least 4 members (excludes halogenated alkanes) is 7. The second-order valence-corrected chi connectivity index (χ2v) is 6.50. The summed E-state index contributed by atoms with van der Waals surface area (Å²) in [5.74, 6) is 6.36. The van der Waals surface area contributed by atoms with Crippen LogP contribution in [0.1, 0.15) is 92.4 Å². The second-order valence-electron chi connectivity index (χ2n) is 6.50. The fourth-order valence-corrected chi connectivity index (χ4v) is 2.98. The minimum Gasteiger partial charge on any atom is -0.461 e. The van der Waals surface area contributed by atoms with E-state index in [1.54, 1.807) is 0 Å². The van der Waals surface area contributed by atoms with Crippen LogP contribution in [0, 0.1) is 23.7 Å². The van der Waals surface area contributed by atoms with Crippen molar-refractivity contribution in [3.8, 4) is 11.8 Å². The van der Waals surface area contributed by atoms with E-state index in [2.05, 4.69) is 25.7 Å². The first kappa shape index (κ1) is 21.0. The lowest BCUT2D eigenvalue weighted by Gasteiger charge is -2.26. The Bertz CT molecular complexity index is 337. The molecule has 2 nitrogen and oxygen atoms in total. The second kappa shape index (κ2) is 13.7. The summed E-state index contributed by atoms with van der Waals surface area (Å²) in [6.07, 6.45) is 11.7. The van der Waals surface area contributed by atoms with E-state index >= 15 is 0 Å². The van der Waals surface area contributed by atoms with Crippen LogP contribution in [0.15, 0.2) is 0 Å². The fourth-order valence-electron chi connectivity index (χ4n) is 2.98. The van der Waals surface area contributed by atoms with Crippen LogP contribution in [0.4, 0.5) is 0 Å². The van der Waals surface area contributed by atoms with Crippen molar-refractivity contribution in [2.24, 2.45) is 11.8 Å². The fraction of sp³-hybridized carbons (Fsp3) is 0.850. The molecule has 0 aliphatic heterocycles. The van der Waals surface area contributed by atoms with E-state index in [1.165, 1.54) is 58.3 Å². The molecule has 0 N–H and O–H groups in total. The normalized spacial score (nSPS) is 14.6. The Balaban J connectivity index is 3.99. The van der Waals surface area contributed by atoms with Gasteiger partial charge in [-0.3, -0.25) is 4.79 Å². The summed E-state index contributed by atoms with van der Waals surface area (Å²) in [6, 6.07) is 0. The van der Waals surface area contributed by atoms with E-state index in [9.17, 15) is 4.79 Å². The lowest BCUT2D eigenvalue weighted by molar-refractivity contribution is -0.150. The molecule has 0 unspecified atom stereocenters. The summed E-state index contributed by atoms with van der Waals surface area (Å²) < 4.78 is 5.51. The quantitative estimate of drug-likeness (QED) is 0.261. The van der Waals surface area contributed by atoms with Crippen molar-refractivity contribution in [2.75, 3.05) is 0 Å².